The molecule has 0 saturated carbocycles. The van der Waals surface area contributed by atoms with Gasteiger partial charge in [-0.2, -0.15) is 0 Å². The maximum Gasteiger partial charge on any atom is 0.237 e. The number of nitrogens with two attached hydrogens (primary N) is 1. The third kappa shape index (κ3) is 2.69. The van der Waals surface area contributed by atoms with Crippen molar-refractivity contribution in [2.45, 2.75) is 38.1 Å². The van der Waals surface area contributed by atoms with Crippen LogP contribution in [0.5, 0.6) is 0 Å². The summed E-state index contributed by atoms with van der Waals surface area (Å²) in [6, 6.07) is 0. The Morgan fingerprint density at radius 3 is 2.93 bits per heavy atom. The average Bonchev–Trinajstić information content (AvgIpc) is 2.41. The van der Waals surface area contributed by atoms with Gasteiger partial charge in [-0.25, -0.2) is 0 Å². The zero-order chi connectivity index (χ0) is 10.4. The van der Waals surface area contributed by atoms with Gasteiger partial charge in [0.25, 0.3) is 0 Å². The number of hydrogen-bond donors (Lipinski definition) is 2. The zero-order valence-electron chi connectivity index (χ0n) is 8.84. The van der Waals surface area contributed by atoms with Crippen LogP contribution in [0, 0.1) is 0 Å². The van der Waals surface area contributed by atoms with E-state index in [-0.39, 0.29) is 5.91 Å². The minimum absolute atomic E-state index is 0.239. The van der Waals surface area contributed by atoms with Crippen LogP contribution in [0.25, 0.3) is 0 Å². The van der Waals surface area contributed by atoms with Crippen molar-refractivity contribution >= 4 is 5.91 Å². The first-order valence-corrected chi connectivity index (χ1v) is 5.34. The normalized spacial score (nSPS) is 28.4. The average molecular weight is 200 g/mol. The Hall–Kier alpha value is -0.610. The van der Waals surface area contributed by atoms with Gasteiger partial charge in [-0.1, -0.05) is 6.92 Å². The number of hydrogen-bond acceptors (Lipinski definition) is 3. The van der Waals surface area contributed by atoms with E-state index in [1.54, 1.807) is 0 Å². The molecule has 0 radical (unpaired) electrons. The molecule has 0 aromatic heterocycles. The molecular formula is C10H20N2O2. The lowest BCUT2D eigenvalue weighted by molar-refractivity contribution is -0.125. The van der Waals surface area contributed by atoms with Gasteiger partial charge in [-0.15, -0.1) is 0 Å². The van der Waals surface area contributed by atoms with Crippen molar-refractivity contribution in [3.05, 3.63) is 0 Å². The number of primary amides is 1. The van der Waals surface area contributed by atoms with Gasteiger partial charge in [-0.05, 0) is 32.2 Å². The SMILES string of the molecule is CCCNC1(C(N)=O)CCCOCC1. The summed E-state index contributed by atoms with van der Waals surface area (Å²) in [5.74, 6) is -0.239. The summed E-state index contributed by atoms with van der Waals surface area (Å²) >= 11 is 0. The molecule has 0 aliphatic carbocycles. The van der Waals surface area contributed by atoms with Gasteiger partial charge in [0.05, 0.1) is 5.54 Å². The Balaban J connectivity index is 2.62. The number of carbonyl (C=O) groups excluding carboxylic acids is 1. The molecule has 4 heteroatoms. The van der Waals surface area contributed by atoms with Crippen molar-refractivity contribution in [2.24, 2.45) is 5.73 Å². The Morgan fingerprint density at radius 1 is 1.50 bits per heavy atom. The van der Waals surface area contributed by atoms with E-state index in [0.29, 0.717) is 13.0 Å². The van der Waals surface area contributed by atoms with Crippen molar-refractivity contribution in [1.29, 1.82) is 0 Å². The molecule has 0 bridgehead atoms. The fourth-order valence-electron chi connectivity index (χ4n) is 1.82. The highest BCUT2D eigenvalue weighted by Gasteiger charge is 2.36. The molecule has 1 rings (SSSR count). The van der Waals surface area contributed by atoms with Crippen LogP contribution >= 0.6 is 0 Å². The summed E-state index contributed by atoms with van der Waals surface area (Å²) in [5.41, 5.74) is 4.93. The number of carbonyl (C=O) groups is 1. The molecule has 1 fully saturated rings. The predicted molar refractivity (Wildman–Crippen MR) is 54.9 cm³/mol. The summed E-state index contributed by atoms with van der Waals surface area (Å²) in [6.45, 7) is 4.28. The van der Waals surface area contributed by atoms with E-state index in [9.17, 15) is 4.79 Å². The third-order valence-electron chi connectivity index (χ3n) is 2.75. The van der Waals surface area contributed by atoms with Crippen LogP contribution in [0.3, 0.4) is 0 Å². The first kappa shape index (κ1) is 11.5. The number of rotatable bonds is 4. The van der Waals surface area contributed by atoms with Gasteiger partial charge in [-0.3, -0.25) is 4.79 Å². The molecular weight excluding hydrogens is 180 g/mol. The van der Waals surface area contributed by atoms with Crippen LogP contribution in [0.15, 0.2) is 0 Å². The largest absolute Gasteiger partial charge is 0.381 e. The van der Waals surface area contributed by atoms with E-state index in [0.717, 1.165) is 32.4 Å². The van der Waals surface area contributed by atoms with Gasteiger partial charge in [0, 0.05) is 13.2 Å². The van der Waals surface area contributed by atoms with Gasteiger partial charge in [0.1, 0.15) is 0 Å². The smallest absolute Gasteiger partial charge is 0.237 e. The lowest BCUT2D eigenvalue weighted by Gasteiger charge is -2.29. The molecule has 1 aliphatic heterocycles. The van der Waals surface area contributed by atoms with Gasteiger partial charge < -0.3 is 15.8 Å². The van der Waals surface area contributed by atoms with Crippen LogP contribution < -0.4 is 11.1 Å². The summed E-state index contributed by atoms with van der Waals surface area (Å²) in [4.78, 5) is 11.4. The second-order valence-electron chi connectivity index (χ2n) is 3.84. The molecule has 1 heterocycles. The molecule has 3 N–H and O–H groups in total. The second kappa shape index (κ2) is 5.32. The quantitative estimate of drug-likeness (QED) is 0.691. The second-order valence-corrected chi connectivity index (χ2v) is 3.84. The van der Waals surface area contributed by atoms with E-state index in [1.807, 2.05) is 0 Å². The van der Waals surface area contributed by atoms with Crippen molar-refractivity contribution in [2.75, 3.05) is 19.8 Å². The molecule has 1 atom stereocenters. The molecule has 4 nitrogen and oxygen atoms in total. The Morgan fingerprint density at radius 2 is 2.29 bits per heavy atom. The van der Waals surface area contributed by atoms with Gasteiger partial charge >= 0.3 is 0 Å². The Labute approximate surface area is 85.2 Å². The topological polar surface area (TPSA) is 64.3 Å². The first-order valence-electron chi connectivity index (χ1n) is 5.34. The molecule has 1 unspecified atom stereocenters. The van der Waals surface area contributed by atoms with Gasteiger partial charge in [0.15, 0.2) is 0 Å². The summed E-state index contributed by atoms with van der Waals surface area (Å²) in [6.07, 6.45) is 3.40. The summed E-state index contributed by atoms with van der Waals surface area (Å²) < 4.78 is 5.33. The maximum atomic E-state index is 11.4. The van der Waals surface area contributed by atoms with Crippen molar-refractivity contribution in [3.63, 3.8) is 0 Å². The molecule has 0 spiro atoms. The van der Waals surface area contributed by atoms with E-state index >= 15 is 0 Å². The highest BCUT2D eigenvalue weighted by Crippen LogP contribution is 2.20. The van der Waals surface area contributed by atoms with Crippen LogP contribution in [0.1, 0.15) is 32.6 Å². The minimum Gasteiger partial charge on any atom is -0.381 e. The highest BCUT2D eigenvalue weighted by atomic mass is 16.5. The molecule has 14 heavy (non-hydrogen) atoms. The van der Waals surface area contributed by atoms with Crippen LogP contribution in [0.4, 0.5) is 0 Å². The predicted octanol–water partition coefficient (Wildman–Crippen LogP) is 0.411. The molecule has 1 amide bonds. The maximum absolute atomic E-state index is 11.4. The molecule has 0 aromatic carbocycles. The fraction of sp³-hybridized carbons (Fsp3) is 0.900. The molecule has 1 aliphatic rings. The van der Waals surface area contributed by atoms with Crippen LogP contribution in [-0.2, 0) is 9.53 Å². The summed E-state index contributed by atoms with van der Waals surface area (Å²) in [7, 11) is 0. The lowest BCUT2D eigenvalue weighted by Crippen LogP contribution is -2.55. The number of nitrogens with one attached hydrogen (secondary N) is 1. The first-order chi connectivity index (χ1) is 6.71. The van der Waals surface area contributed by atoms with Crippen LogP contribution in [0.2, 0.25) is 0 Å². The lowest BCUT2D eigenvalue weighted by atomic mass is 9.89. The monoisotopic (exact) mass is 200 g/mol. The van der Waals surface area contributed by atoms with E-state index in [1.165, 1.54) is 0 Å². The molecule has 82 valence electrons. The number of amides is 1. The standard InChI is InChI=1S/C10H20N2O2/c1-2-6-12-10(9(11)13)4-3-7-14-8-5-10/h12H,2-8H2,1H3,(H2,11,13). The van der Waals surface area contributed by atoms with Crippen molar-refractivity contribution < 1.29 is 9.53 Å². The van der Waals surface area contributed by atoms with Gasteiger partial charge in [0.2, 0.25) is 5.91 Å². The number of ether oxygens (including phenoxy) is 1. The molecule has 1 saturated heterocycles. The van der Waals surface area contributed by atoms with Crippen molar-refractivity contribution in [3.8, 4) is 0 Å². The minimum atomic E-state index is -0.521. The summed E-state index contributed by atoms with van der Waals surface area (Å²) in [5, 5.41) is 3.27. The molecule has 0 aromatic rings. The Bertz CT molecular complexity index is 187. The van der Waals surface area contributed by atoms with E-state index in [2.05, 4.69) is 12.2 Å². The fourth-order valence-corrected chi connectivity index (χ4v) is 1.82. The van der Waals surface area contributed by atoms with E-state index in [4.69, 9.17) is 10.5 Å². The zero-order valence-corrected chi connectivity index (χ0v) is 8.84. The highest BCUT2D eigenvalue weighted by molar-refractivity contribution is 5.84. The Kier molecular flexibility index (Phi) is 4.35. The van der Waals surface area contributed by atoms with Crippen LogP contribution in [-0.4, -0.2) is 31.2 Å². The van der Waals surface area contributed by atoms with Crippen molar-refractivity contribution in [1.82, 2.24) is 5.32 Å². The van der Waals surface area contributed by atoms with E-state index < -0.39 is 5.54 Å². The third-order valence-corrected chi connectivity index (χ3v) is 2.75.